The van der Waals surface area contributed by atoms with E-state index in [2.05, 4.69) is 20.4 Å². The summed E-state index contributed by atoms with van der Waals surface area (Å²) in [5.74, 6) is -0.195. The number of pyridine rings is 1. The number of benzene rings is 2. The number of nitrogens with zero attached hydrogens (tertiary/aromatic N) is 4. The second-order valence-corrected chi connectivity index (χ2v) is 7.77. The Morgan fingerprint density at radius 3 is 2.61 bits per heavy atom. The summed E-state index contributed by atoms with van der Waals surface area (Å²) in [5, 5.41) is 7.79. The molecule has 5 nitrogen and oxygen atoms in total. The van der Waals surface area contributed by atoms with Crippen molar-refractivity contribution < 1.29 is 8.78 Å². The number of nitrogens with one attached hydrogen (secondary N) is 1. The monoisotopic (exact) mass is 417 g/mol. The summed E-state index contributed by atoms with van der Waals surface area (Å²) in [5.41, 5.74) is 4.50. The molecule has 156 valence electrons. The number of anilines is 2. The van der Waals surface area contributed by atoms with E-state index in [1.807, 2.05) is 48.0 Å². The molecule has 0 fully saturated rings. The standard InChI is InChI=1S/C24H21F2N5/c1-15-13-17(10-11-27-15)16-4-7-19(8-5-16)28-24-29-23-21(3-2-12-31(23)30-24)20-9-6-18(25)14-22(20)26/h4-11,13-14,21H,2-3,12H2,1H3,(H,28,30). The van der Waals surface area contributed by atoms with Gasteiger partial charge in [-0.05, 0) is 66.8 Å². The maximum Gasteiger partial charge on any atom is 0.246 e. The summed E-state index contributed by atoms with van der Waals surface area (Å²) >= 11 is 0. The lowest BCUT2D eigenvalue weighted by Gasteiger charge is -2.22. The Morgan fingerprint density at radius 2 is 1.84 bits per heavy atom. The molecular formula is C24H21F2N5. The van der Waals surface area contributed by atoms with Gasteiger partial charge in [-0.1, -0.05) is 18.2 Å². The van der Waals surface area contributed by atoms with Crippen LogP contribution in [0.15, 0.2) is 60.8 Å². The number of rotatable bonds is 4. The van der Waals surface area contributed by atoms with E-state index in [-0.39, 0.29) is 5.92 Å². The van der Waals surface area contributed by atoms with Gasteiger partial charge >= 0.3 is 0 Å². The molecule has 31 heavy (non-hydrogen) atoms. The van der Waals surface area contributed by atoms with Crippen LogP contribution in [0, 0.1) is 18.6 Å². The van der Waals surface area contributed by atoms with Crippen LogP contribution in [0.3, 0.4) is 0 Å². The zero-order valence-corrected chi connectivity index (χ0v) is 17.0. The third-order valence-corrected chi connectivity index (χ3v) is 5.58. The topological polar surface area (TPSA) is 55.6 Å². The van der Waals surface area contributed by atoms with Crippen LogP contribution >= 0.6 is 0 Å². The van der Waals surface area contributed by atoms with Crippen molar-refractivity contribution >= 4 is 11.6 Å². The molecule has 1 atom stereocenters. The summed E-state index contributed by atoms with van der Waals surface area (Å²) in [7, 11) is 0. The molecule has 1 aliphatic heterocycles. The lowest BCUT2D eigenvalue weighted by Crippen LogP contribution is -2.18. The second-order valence-electron chi connectivity index (χ2n) is 7.77. The molecule has 5 rings (SSSR count). The van der Waals surface area contributed by atoms with Crippen LogP contribution in [0.5, 0.6) is 0 Å². The quantitative estimate of drug-likeness (QED) is 0.470. The molecule has 4 aromatic rings. The van der Waals surface area contributed by atoms with E-state index in [1.165, 1.54) is 12.1 Å². The number of aromatic nitrogens is 4. The summed E-state index contributed by atoms with van der Waals surface area (Å²) in [6, 6.07) is 15.8. The average molecular weight is 417 g/mol. The highest BCUT2D eigenvalue weighted by Crippen LogP contribution is 2.34. The summed E-state index contributed by atoms with van der Waals surface area (Å²) < 4.78 is 29.5. The largest absolute Gasteiger partial charge is 0.323 e. The fraction of sp³-hybridized carbons (Fsp3) is 0.208. The van der Waals surface area contributed by atoms with Gasteiger partial charge in [-0.15, -0.1) is 5.10 Å². The Kier molecular flexibility index (Phi) is 4.94. The molecule has 2 aromatic heterocycles. The molecule has 0 amide bonds. The molecular weight excluding hydrogens is 396 g/mol. The molecule has 0 radical (unpaired) electrons. The fourth-order valence-electron chi connectivity index (χ4n) is 4.08. The average Bonchev–Trinajstić information content (AvgIpc) is 3.17. The third-order valence-electron chi connectivity index (χ3n) is 5.58. The Hall–Kier alpha value is -3.61. The zero-order chi connectivity index (χ0) is 21.4. The highest BCUT2D eigenvalue weighted by atomic mass is 19.1. The molecule has 0 bridgehead atoms. The zero-order valence-electron chi connectivity index (χ0n) is 17.0. The van der Waals surface area contributed by atoms with E-state index in [4.69, 9.17) is 0 Å². The molecule has 0 aliphatic carbocycles. The van der Waals surface area contributed by atoms with Crippen molar-refractivity contribution in [1.29, 1.82) is 0 Å². The van der Waals surface area contributed by atoms with Gasteiger partial charge in [0.2, 0.25) is 5.95 Å². The van der Waals surface area contributed by atoms with Crippen molar-refractivity contribution in [2.75, 3.05) is 5.32 Å². The summed E-state index contributed by atoms with van der Waals surface area (Å²) in [4.78, 5) is 8.87. The number of hydrogen-bond acceptors (Lipinski definition) is 4. The van der Waals surface area contributed by atoms with Crippen molar-refractivity contribution in [3.63, 3.8) is 0 Å². The van der Waals surface area contributed by atoms with Gasteiger partial charge in [0.15, 0.2) is 0 Å². The first-order valence-electron chi connectivity index (χ1n) is 10.3. The van der Waals surface area contributed by atoms with Crippen molar-refractivity contribution in [2.24, 2.45) is 0 Å². The summed E-state index contributed by atoms with van der Waals surface area (Å²) in [6.07, 6.45) is 3.41. The highest BCUT2D eigenvalue weighted by molar-refractivity contribution is 5.67. The minimum absolute atomic E-state index is 0.241. The Morgan fingerprint density at radius 1 is 1.00 bits per heavy atom. The van der Waals surface area contributed by atoms with Gasteiger partial charge in [0.25, 0.3) is 0 Å². The first kappa shape index (κ1) is 19.4. The molecule has 1 aliphatic rings. The predicted molar refractivity (Wildman–Crippen MR) is 115 cm³/mol. The van der Waals surface area contributed by atoms with Crippen molar-refractivity contribution in [1.82, 2.24) is 19.7 Å². The highest BCUT2D eigenvalue weighted by Gasteiger charge is 2.28. The van der Waals surface area contributed by atoms with Crippen LogP contribution in [0.25, 0.3) is 11.1 Å². The van der Waals surface area contributed by atoms with Crippen molar-refractivity contribution in [3.8, 4) is 11.1 Å². The third kappa shape index (κ3) is 3.91. The van der Waals surface area contributed by atoms with E-state index < -0.39 is 11.6 Å². The molecule has 1 unspecified atom stereocenters. The van der Waals surface area contributed by atoms with Gasteiger partial charge in [-0.25, -0.2) is 13.5 Å². The molecule has 2 aromatic carbocycles. The maximum absolute atomic E-state index is 14.4. The van der Waals surface area contributed by atoms with E-state index in [0.717, 1.165) is 48.0 Å². The first-order valence-corrected chi connectivity index (χ1v) is 10.3. The smallest absolute Gasteiger partial charge is 0.246 e. The van der Waals surface area contributed by atoms with Gasteiger partial charge in [0.1, 0.15) is 17.5 Å². The van der Waals surface area contributed by atoms with Crippen molar-refractivity contribution in [3.05, 3.63) is 89.5 Å². The van der Waals surface area contributed by atoms with Crippen LogP contribution in [0.4, 0.5) is 20.4 Å². The van der Waals surface area contributed by atoms with Crippen LogP contribution in [0.2, 0.25) is 0 Å². The van der Waals surface area contributed by atoms with Gasteiger partial charge in [-0.3, -0.25) is 4.98 Å². The molecule has 0 saturated heterocycles. The van der Waals surface area contributed by atoms with Gasteiger partial charge < -0.3 is 5.32 Å². The van der Waals surface area contributed by atoms with E-state index in [9.17, 15) is 8.78 Å². The van der Waals surface area contributed by atoms with Crippen LogP contribution in [-0.2, 0) is 6.54 Å². The number of fused-ring (bicyclic) bond motifs is 1. The number of halogens is 2. The molecule has 1 N–H and O–H groups in total. The van der Waals surface area contributed by atoms with E-state index >= 15 is 0 Å². The first-order chi connectivity index (χ1) is 15.1. The van der Waals surface area contributed by atoms with Crippen LogP contribution in [-0.4, -0.2) is 19.7 Å². The molecule has 7 heteroatoms. The Labute approximate surface area is 178 Å². The molecule has 3 heterocycles. The number of hydrogen-bond donors (Lipinski definition) is 1. The van der Waals surface area contributed by atoms with Gasteiger partial charge in [-0.2, -0.15) is 4.98 Å². The van der Waals surface area contributed by atoms with E-state index in [0.29, 0.717) is 17.3 Å². The maximum atomic E-state index is 14.4. The lowest BCUT2D eigenvalue weighted by molar-refractivity contribution is 0.435. The Balaban J connectivity index is 1.38. The molecule has 0 spiro atoms. The predicted octanol–water partition coefficient (Wildman–Crippen LogP) is 5.60. The minimum Gasteiger partial charge on any atom is -0.323 e. The summed E-state index contributed by atoms with van der Waals surface area (Å²) in [6.45, 7) is 2.69. The lowest BCUT2D eigenvalue weighted by atomic mass is 9.91. The number of aryl methyl sites for hydroxylation is 2. The van der Waals surface area contributed by atoms with Gasteiger partial charge in [0.05, 0.1) is 0 Å². The Bertz CT molecular complexity index is 1230. The SMILES string of the molecule is Cc1cc(-c2ccc(Nc3nc4n(n3)CCCC4c3ccc(F)cc3F)cc2)ccn1. The van der Waals surface area contributed by atoms with Crippen molar-refractivity contribution in [2.45, 2.75) is 32.2 Å². The van der Waals surface area contributed by atoms with E-state index in [1.54, 1.807) is 6.20 Å². The molecule has 0 saturated carbocycles. The second kappa shape index (κ2) is 7.91. The van der Waals surface area contributed by atoms with Crippen LogP contribution in [0.1, 0.15) is 35.8 Å². The fourth-order valence-corrected chi connectivity index (χ4v) is 4.08. The minimum atomic E-state index is -0.578. The normalized spacial score (nSPS) is 15.5. The van der Waals surface area contributed by atoms with Crippen LogP contribution < -0.4 is 5.32 Å². The van der Waals surface area contributed by atoms with Gasteiger partial charge in [0, 0.05) is 36.1 Å².